The predicted octanol–water partition coefficient (Wildman–Crippen LogP) is 3.03. The molecule has 0 unspecified atom stereocenters. The molecule has 0 aromatic heterocycles. The van der Waals surface area contributed by atoms with Crippen LogP contribution in [-0.4, -0.2) is 25.2 Å². The summed E-state index contributed by atoms with van der Waals surface area (Å²) in [4.78, 5) is 12.0. The van der Waals surface area contributed by atoms with Gasteiger partial charge in [0.1, 0.15) is 0 Å². The standard InChI is InChI=1S/C15H27NO2/c1-3-14(7-4-5-8-14)12-16-13(17)11-15(18-2)9-6-10-15/h3-12H2,1-2H3,(H,16,17). The monoisotopic (exact) mass is 253 g/mol. The van der Waals surface area contributed by atoms with E-state index in [1.54, 1.807) is 7.11 Å². The quantitative estimate of drug-likeness (QED) is 0.790. The Morgan fingerprint density at radius 1 is 1.17 bits per heavy atom. The number of nitrogens with one attached hydrogen (secondary N) is 1. The largest absolute Gasteiger partial charge is 0.378 e. The lowest BCUT2D eigenvalue weighted by Crippen LogP contribution is -2.45. The van der Waals surface area contributed by atoms with Crippen molar-refractivity contribution in [3.05, 3.63) is 0 Å². The minimum absolute atomic E-state index is 0.140. The lowest BCUT2D eigenvalue weighted by molar-refractivity contribution is -0.134. The molecule has 0 bridgehead atoms. The van der Waals surface area contributed by atoms with E-state index in [1.165, 1.54) is 38.5 Å². The fourth-order valence-electron chi connectivity index (χ4n) is 3.45. The third kappa shape index (κ3) is 2.87. The number of amides is 1. The highest BCUT2D eigenvalue weighted by Crippen LogP contribution is 2.41. The second-order valence-corrected chi connectivity index (χ2v) is 6.25. The van der Waals surface area contributed by atoms with Gasteiger partial charge in [0, 0.05) is 13.7 Å². The van der Waals surface area contributed by atoms with E-state index in [9.17, 15) is 4.79 Å². The first-order valence-corrected chi connectivity index (χ1v) is 7.46. The molecular weight excluding hydrogens is 226 g/mol. The van der Waals surface area contributed by atoms with Crippen LogP contribution in [0, 0.1) is 5.41 Å². The van der Waals surface area contributed by atoms with Crippen LogP contribution in [0.4, 0.5) is 0 Å². The van der Waals surface area contributed by atoms with Crippen LogP contribution in [0.25, 0.3) is 0 Å². The third-order valence-electron chi connectivity index (χ3n) is 5.26. The molecule has 1 N–H and O–H groups in total. The van der Waals surface area contributed by atoms with Gasteiger partial charge in [0.2, 0.25) is 5.91 Å². The molecule has 0 aromatic rings. The maximum atomic E-state index is 12.0. The van der Waals surface area contributed by atoms with Crippen molar-refractivity contribution in [3.63, 3.8) is 0 Å². The van der Waals surface area contributed by atoms with Crippen LogP contribution in [0.5, 0.6) is 0 Å². The second-order valence-electron chi connectivity index (χ2n) is 6.25. The maximum Gasteiger partial charge on any atom is 0.222 e. The van der Waals surface area contributed by atoms with E-state index in [0.29, 0.717) is 11.8 Å². The number of hydrogen-bond donors (Lipinski definition) is 1. The number of ether oxygens (including phenoxy) is 1. The smallest absolute Gasteiger partial charge is 0.222 e. The molecule has 18 heavy (non-hydrogen) atoms. The molecule has 0 spiro atoms. The molecule has 2 fully saturated rings. The van der Waals surface area contributed by atoms with Gasteiger partial charge < -0.3 is 10.1 Å². The van der Waals surface area contributed by atoms with E-state index in [2.05, 4.69) is 12.2 Å². The van der Waals surface area contributed by atoms with Gasteiger partial charge in [-0.2, -0.15) is 0 Å². The van der Waals surface area contributed by atoms with Gasteiger partial charge in [-0.3, -0.25) is 4.79 Å². The summed E-state index contributed by atoms with van der Waals surface area (Å²) in [6.07, 6.45) is 10.2. The van der Waals surface area contributed by atoms with Crippen molar-refractivity contribution >= 4 is 5.91 Å². The fraction of sp³-hybridized carbons (Fsp3) is 0.933. The van der Waals surface area contributed by atoms with E-state index in [0.717, 1.165) is 19.4 Å². The fourth-order valence-corrected chi connectivity index (χ4v) is 3.45. The lowest BCUT2D eigenvalue weighted by Gasteiger charge is -2.40. The first kappa shape index (κ1) is 13.9. The Kier molecular flexibility index (Phi) is 4.31. The Hall–Kier alpha value is -0.570. The Bertz CT molecular complexity index is 285. The number of carbonyl (C=O) groups excluding carboxylic acids is 1. The molecule has 0 heterocycles. The summed E-state index contributed by atoms with van der Waals surface area (Å²) in [5.74, 6) is 0.177. The van der Waals surface area contributed by atoms with E-state index >= 15 is 0 Å². The molecular formula is C15H27NO2. The van der Waals surface area contributed by atoms with E-state index in [-0.39, 0.29) is 11.5 Å². The lowest BCUT2D eigenvalue weighted by atomic mass is 9.77. The van der Waals surface area contributed by atoms with Gasteiger partial charge in [0.25, 0.3) is 0 Å². The average molecular weight is 253 g/mol. The van der Waals surface area contributed by atoms with E-state index in [4.69, 9.17) is 4.74 Å². The Morgan fingerprint density at radius 2 is 1.83 bits per heavy atom. The molecule has 2 saturated carbocycles. The van der Waals surface area contributed by atoms with Crippen molar-refractivity contribution < 1.29 is 9.53 Å². The topological polar surface area (TPSA) is 38.3 Å². The predicted molar refractivity (Wildman–Crippen MR) is 72.4 cm³/mol. The van der Waals surface area contributed by atoms with Gasteiger partial charge in [-0.1, -0.05) is 19.8 Å². The van der Waals surface area contributed by atoms with E-state index < -0.39 is 0 Å². The van der Waals surface area contributed by atoms with Gasteiger partial charge in [0.15, 0.2) is 0 Å². The third-order valence-corrected chi connectivity index (χ3v) is 5.26. The molecule has 104 valence electrons. The van der Waals surface area contributed by atoms with Crippen LogP contribution >= 0.6 is 0 Å². The summed E-state index contributed by atoms with van der Waals surface area (Å²) < 4.78 is 5.51. The number of methoxy groups -OCH3 is 1. The van der Waals surface area contributed by atoms with Crippen molar-refractivity contribution in [2.24, 2.45) is 5.41 Å². The summed E-state index contributed by atoms with van der Waals surface area (Å²) in [5, 5.41) is 3.16. The van der Waals surface area contributed by atoms with Gasteiger partial charge in [0.05, 0.1) is 12.0 Å². The summed E-state index contributed by atoms with van der Waals surface area (Å²) in [6, 6.07) is 0. The van der Waals surface area contributed by atoms with Crippen molar-refractivity contribution in [1.29, 1.82) is 0 Å². The van der Waals surface area contributed by atoms with Crippen LogP contribution < -0.4 is 5.32 Å². The minimum Gasteiger partial charge on any atom is -0.378 e. The Labute approximate surface area is 111 Å². The SMILES string of the molecule is CCC1(CNC(=O)CC2(OC)CCC2)CCCC1. The first-order chi connectivity index (χ1) is 8.64. The molecule has 0 aliphatic heterocycles. The first-order valence-electron chi connectivity index (χ1n) is 7.46. The molecule has 2 rings (SSSR count). The van der Waals surface area contributed by atoms with Crippen molar-refractivity contribution in [3.8, 4) is 0 Å². The van der Waals surface area contributed by atoms with Crippen LogP contribution in [-0.2, 0) is 9.53 Å². The van der Waals surface area contributed by atoms with Crippen LogP contribution in [0.1, 0.15) is 64.7 Å². The molecule has 3 heteroatoms. The van der Waals surface area contributed by atoms with Crippen LogP contribution in [0.2, 0.25) is 0 Å². The molecule has 2 aliphatic rings. The average Bonchev–Trinajstić information content (AvgIpc) is 2.81. The van der Waals surface area contributed by atoms with Gasteiger partial charge in [-0.15, -0.1) is 0 Å². The van der Waals surface area contributed by atoms with Crippen molar-refractivity contribution in [1.82, 2.24) is 5.32 Å². The molecule has 0 aromatic carbocycles. The Balaban J connectivity index is 1.77. The number of hydrogen-bond acceptors (Lipinski definition) is 2. The molecule has 0 saturated heterocycles. The molecule has 3 nitrogen and oxygen atoms in total. The molecule has 0 atom stereocenters. The van der Waals surface area contributed by atoms with Crippen LogP contribution in [0.3, 0.4) is 0 Å². The van der Waals surface area contributed by atoms with Gasteiger partial charge in [-0.05, 0) is 43.9 Å². The highest BCUT2D eigenvalue weighted by Gasteiger charge is 2.39. The molecule has 2 aliphatic carbocycles. The van der Waals surface area contributed by atoms with Crippen molar-refractivity contribution in [2.45, 2.75) is 70.3 Å². The maximum absolute atomic E-state index is 12.0. The van der Waals surface area contributed by atoms with Crippen LogP contribution in [0.15, 0.2) is 0 Å². The highest BCUT2D eigenvalue weighted by molar-refractivity contribution is 5.77. The number of carbonyl (C=O) groups is 1. The summed E-state index contributed by atoms with van der Waals surface area (Å²) in [5.41, 5.74) is 0.245. The highest BCUT2D eigenvalue weighted by atomic mass is 16.5. The Morgan fingerprint density at radius 3 is 2.28 bits per heavy atom. The molecule has 0 radical (unpaired) electrons. The zero-order valence-corrected chi connectivity index (χ0v) is 11.9. The second kappa shape index (κ2) is 5.60. The molecule has 1 amide bonds. The summed E-state index contributed by atoms with van der Waals surface area (Å²) in [6.45, 7) is 3.11. The summed E-state index contributed by atoms with van der Waals surface area (Å²) >= 11 is 0. The van der Waals surface area contributed by atoms with Crippen molar-refractivity contribution in [2.75, 3.05) is 13.7 Å². The van der Waals surface area contributed by atoms with Gasteiger partial charge >= 0.3 is 0 Å². The zero-order chi connectivity index (χ0) is 13.1. The minimum atomic E-state index is -0.140. The summed E-state index contributed by atoms with van der Waals surface area (Å²) in [7, 11) is 1.73. The number of rotatable bonds is 6. The zero-order valence-electron chi connectivity index (χ0n) is 11.9. The van der Waals surface area contributed by atoms with Gasteiger partial charge in [-0.25, -0.2) is 0 Å². The van der Waals surface area contributed by atoms with E-state index in [1.807, 2.05) is 0 Å². The normalized spacial score (nSPS) is 24.6.